The van der Waals surface area contributed by atoms with Crippen molar-refractivity contribution in [3.8, 4) is 6.01 Å². The van der Waals surface area contributed by atoms with Gasteiger partial charge in [0.2, 0.25) is 5.82 Å². The highest BCUT2D eigenvalue weighted by molar-refractivity contribution is 5.91. The molecule has 2 aliphatic rings. The number of benzene rings is 1. The molecule has 2 aromatic rings. The number of hydrogen-bond donors (Lipinski definition) is 1. The molecule has 1 aromatic heterocycles. The van der Waals surface area contributed by atoms with Gasteiger partial charge in [0.25, 0.3) is 5.91 Å². The first-order valence-electron chi connectivity index (χ1n) is 9.00. The highest BCUT2D eigenvalue weighted by atomic mass is 16.5. The van der Waals surface area contributed by atoms with E-state index < -0.39 is 0 Å². The summed E-state index contributed by atoms with van der Waals surface area (Å²) in [7, 11) is 3.21. The molecule has 7 heteroatoms. The van der Waals surface area contributed by atoms with Gasteiger partial charge in [0, 0.05) is 24.5 Å². The third-order valence-corrected chi connectivity index (χ3v) is 5.90. The van der Waals surface area contributed by atoms with Crippen molar-refractivity contribution in [1.29, 1.82) is 0 Å². The van der Waals surface area contributed by atoms with Crippen LogP contribution >= 0.6 is 0 Å². The zero-order valence-electron chi connectivity index (χ0n) is 15.1. The number of nitrogens with zero attached hydrogens (tertiary/aromatic N) is 4. The average molecular weight is 356 g/mol. The minimum absolute atomic E-state index is 0.0139. The van der Waals surface area contributed by atoms with Crippen LogP contribution in [-0.4, -0.2) is 56.5 Å². The lowest BCUT2D eigenvalue weighted by molar-refractivity contribution is 0.0561. The summed E-state index contributed by atoms with van der Waals surface area (Å²) in [6, 6.07) is 10.7. The van der Waals surface area contributed by atoms with Gasteiger partial charge < -0.3 is 14.7 Å². The van der Waals surface area contributed by atoms with Crippen molar-refractivity contribution in [2.75, 3.05) is 13.7 Å². The summed E-state index contributed by atoms with van der Waals surface area (Å²) in [6.07, 6.45) is 3.47. The molecule has 0 spiro atoms. The van der Waals surface area contributed by atoms with E-state index in [0.717, 1.165) is 25.7 Å². The van der Waals surface area contributed by atoms with Gasteiger partial charge in [-0.25, -0.2) is 4.68 Å². The molecule has 2 bridgehead atoms. The Labute approximate surface area is 152 Å². The first-order chi connectivity index (χ1) is 12.6. The number of aromatic nitrogens is 3. The van der Waals surface area contributed by atoms with Crippen molar-refractivity contribution in [3.05, 3.63) is 41.7 Å². The second kappa shape index (κ2) is 6.39. The number of carbonyl (C=O) groups excluding carboxylic acids is 1. The summed E-state index contributed by atoms with van der Waals surface area (Å²) in [5.74, 6) is -0.00510. The SMILES string of the molecule is COc1nc(C(=O)N2[C@@H]3CC[C@H]2[C@](CO)(Cc2ccccc2)C3)nn1C. The number of fused-ring (bicyclic) bond motifs is 2. The lowest BCUT2D eigenvalue weighted by atomic mass is 9.70. The van der Waals surface area contributed by atoms with E-state index in [4.69, 9.17) is 4.74 Å². The molecular weight excluding hydrogens is 332 g/mol. The van der Waals surface area contributed by atoms with Gasteiger partial charge >= 0.3 is 6.01 Å². The summed E-state index contributed by atoms with van der Waals surface area (Å²) in [4.78, 5) is 19.2. The van der Waals surface area contributed by atoms with Crippen LogP contribution in [0, 0.1) is 5.41 Å². The number of rotatable bonds is 5. The van der Waals surface area contributed by atoms with E-state index in [2.05, 4.69) is 22.2 Å². The fourth-order valence-electron chi connectivity index (χ4n) is 4.77. The molecule has 4 rings (SSSR count). The first kappa shape index (κ1) is 17.0. The second-order valence-corrected chi connectivity index (χ2v) is 7.39. The van der Waals surface area contributed by atoms with Crippen molar-refractivity contribution >= 4 is 5.91 Å². The van der Waals surface area contributed by atoms with E-state index in [1.54, 1.807) is 7.05 Å². The molecule has 138 valence electrons. The van der Waals surface area contributed by atoms with E-state index in [-0.39, 0.29) is 35.8 Å². The predicted molar refractivity (Wildman–Crippen MR) is 94.8 cm³/mol. The van der Waals surface area contributed by atoms with E-state index in [0.29, 0.717) is 6.01 Å². The molecule has 2 fully saturated rings. The van der Waals surface area contributed by atoms with E-state index in [9.17, 15) is 9.90 Å². The smallest absolute Gasteiger partial charge is 0.314 e. The zero-order valence-corrected chi connectivity index (χ0v) is 15.1. The Morgan fingerprint density at radius 3 is 2.77 bits per heavy atom. The number of aliphatic hydroxyl groups is 1. The maximum absolute atomic E-state index is 13.1. The highest BCUT2D eigenvalue weighted by Crippen LogP contribution is 2.51. The maximum atomic E-state index is 13.1. The number of ether oxygens (including phenoxy) is 1. The van der Waals surface area contributed by atoms with Gasteiger partial charge in [-0.3, -0.25) is 4.79 Å². The predicted octanol–water partition coefficient (Wildman–Crippen LogP) is 1.42. The van der Waals surface area contributed by atoms with Crippen LogP contribution in [0.1, 0.15) is 35.4 Å². The van der Waals surface area contributed by atoms with E-state index in [1.165, 1.54) is 17.4 Å². The third kappa shape index (κ3) is 2.58. The Hall–Kier alpha value is -2.41. The third-order valence-electron chi connectivity index (χ3n) is 5.90. The molecule has 3 heterocycles. The van der Waals surface area contributed by atoms with Gasteiger partial charge in [-0.1, -0.05) is 30.3 Å². The van der Waals surface area contributed by atoms with Crippen LogP contribution in [0.5, 0.6) is 6.01 Å². The van der Waals surface area contributed by atoms with Crippen LogP contribution < -0.4 is 4.74 Å². The fourth-order valence-corrected chi connectivity index (χ4v) is 4.77. The van der Waals surface area contributed by atoms with Crippen molar-refractivity contribution < 1.29 is 14.6 Å². The molecule has 26 heavy (non-hydrogen) atoms. The van der Waals surface area contributed by atoms with Crippen molar-refractivity contribution in [2.45, 2.75) is 37.8 Å². The average Bonchev–Trinajstić information content (AvgIpc) is 3.33. The number of aliphatic hydroxyl groups excluding tert-OH is 1. The minimum Gasteiger partial charge on any atom is -0.467 e. The van der Waals surface area contributed by atoms with Gasteiger partial charge in [-0.2, -0.15) is 4.98 Å². The number of amides is 1. The largest absolute Gasteiger partial charge is 0.467 e. The van der Waals surface area contributed by atoms with Gasteiger partial charge in [0.05, 0.1) is 13.7 Å². The van der Waals surface area contributed by atoms with Gasteiger partial charge in [0.1, 0.15) is 0 Å². The monoisotopic (exact) mass is 356 g/mol. The molecule has 7 nitrogen and oxygen atoms in total. The minimum atomic E-state index is -0.293. The molecule has 1 aromatic carbocycles. The van der Waals surface area contributed by atoms with Crippen LogP contribution in [0.3, 0.4) is 0 Å². The molecule has 3 atom stereocenters. The van der Waals surface area contributed by atoms with E-state index >= 15 is 0 Å². The van der Waals surface area contributed by atoms with Crippen LogP contribution in [0.15, 0.2) is 30.3 Å². The second-order valence-electron chi connectivity index (χ2n) is 7.39. The fraction of sp³-hybridized carbons (Fsp3) is 0.526. The number of methoxy groups -OCH3 is 1. The Morgan fingerprint density at radius 2 is 2.12 bits per heavy atom. The molecule has 2 saturated heterocycles. The number of carbonyl (C=O) groups is 1. The molecule has 0 saturated carbocycles. The first-order valence-corrected chi connectivity index (χ1v) is 9.00. The van der Waals surface area contributed by atoms with Crippen molar-refractivity contribution in [2.24, 2.45) is 12.5 Å². The summed E-state index contributed by atoms with van der Waals surface area (Å²) < 4.78 is 6.59. The standard InChI is InChI=1S/C19H24N4O3/c1-22-18(26-2)20-16(21-22)17(25)23-14-8-9-15(23)19(11-14,12-24)10-13-6-4-3-5-7-13/h3-7,14-15,24H,8-12H2,1-2H3/t14-,15+,19-/m1/s1. The summed E-state index contributed by atoms with van der Waals surface area (Å²) in [6.45, 7) is 0.0752. The summed E-state index contributed by atoms with van der Waals surface area (Å²) >= 11 is 0. The zero-order chi connectivity index (χ0) is 18.3. The van der Waals surface area contributed by atoms with Gasteiger partial charge in [-0.05, 0) is 31.2 Å². The van der Waals surface area contributed by atoms with Crippen molar-refractivity contribution in [1.82, 2.24) is 19.7 Å². The summed E-state index contributed by atoms with van der Waals surface area (Å²) in [5, 5.41) is 14.5. The Kier molecular flexibility index (Phi) is 4.19. The molecule has 2 aliphatic heterocycles. The topological polar surface area (TPSA) is 80.5 Å². The Balaban J connectivity index is 1.61. The molecule has 0 radical (unpaired) electrons. The Bertz CT molecular complexity index is 806. The quantitative estimate of drug-likeness (QED) is 0.876. The van der Waals surface area contributed by atoms with E-state index in [1.807, 2.05) is 23.1 Å². The lowest BCUT2D eigenvalue weighted by Crippen LogP contribution is -2.44. The normalized spacial score (nSPS) is 27.1. The molecule has 1 N–H and O–H groups in total. The van der Waals surface area contributed by atoms with Gasteiger partial charge in [-0.15, -0.1) is 5.10 Å². The molecular formula is C19H24N4O3. The van der Waals surface area contributed by atoms with Crippen LogP contribution in [0.2, 0.25) is 0 Å². The van der Waals surface area contributed by atoms with Crippen LogP contribution in [-0.2, 0) is 13.5 Å². The van der Waals surface area contributed by atoms with Crippen molar-refractivity contribution in [3.63, 3.8) is 0 Å². The van der Waals surface area contributed by atoms with Crippen LogP contribution in [0.4, 0.5) is 0 Å². The number of hydrogen-bond acceptors (Lipinski definition) is 5. The lowest BCUT2D eigenvalue weighted by Gasteiger charge is -2.35. The summed E-state index contributed by atoms with van der Waals surface area (Å²) in [5.41, 5.74) is 0.901. The molecule has 0 aliphatic carbocycles. The Morgan fingerprint density at radius 1 is 1.35 bits per heavy atom. The number of aryl methyl sites for hydroxylation is 1. The van der Waals surface area contributed by atoms with Gasteiger partial charge in [0.15, 0.2) is 0 Å². The highest BCUT2D eigenvalue weighted by Gasteiger charge is 2.57. The maximum Gasteiger partial charge on any atom is 0.314 e. The van der Waals surface area contributed by atoms with Crippen LogP contribution in [0.25, 0.3) is 0 Å². The molecule has 0 unspecified atom stereocenters. The molecule has 1 amide bonds.